The normalized spacial score (nSPS) is 11.4. The Kier molecular flexibility index (Phi) is 10.7. The van der Waals surface area contributed by atoms with Crippen molar-refractivity contribution >= 4 is 41.0 Å². The van der Waals surface area contributed by atoms with Gasteiger partial charge >= 0.3 is 47.2 Å². The molecule has 0 aliphatic rings. The summed E-state index contributed by atoms with van der Waals surface area (Å²) in [5.74, 6) is 0. The van der Waals surface area contributed by atoms with Gasteiger partial charge in [-0.1, -0.05) is 60.7 Å². The Hall–Kier alpha value is -3.63. The van der Waals surface area contributed by atoms with Gasteiger partial charge in [-0.15, -0.1) is 0 Å². The van der Waals surface area contributed by atoms with Gasteiger partial charge < -0.3 is 0 Å². The Morgan fingerprint density at radius 3 is 1.12 bits per heavy atom. The third-order valence-electron chi connectivity index (χ3n) is 6.06. The van der Waals surface area contributed by atoms with Crippen LogP contribution in [0.3, 0.4) is 0 Å². The average Bonchev–Trinajstić information content (AvgIpc) is 3.00. The summed E-state index contributed by atoms with van der Waals surface area (Å²) in [6.45, 7) is 0. The quantitative estimate of drug-likeness (QED) is 0.164. The molecule has 13 heteroatoms. The number of rotatable bonds is 2. The number of benzene rings is 4. The number of fused-ring (bicyclic) bond motifs is 2. The number of aromatic nitrogens is 4. The number of para-hydroxylation sites is 2. The van der Waals surface area contributed by atoms with E-state index < -0.39 is 39.2 Å². The Labute approximate surface area is 257 Å². The van der Waals surface area contributed by atoms with Crippen molar-refractivity contribution in [1.82, 2.24) is 19.9 Å². The van der Waals surface area contributed by atoms with Crippen molar-refractivity contribution in [1.29, 1.82) is 0 Å². The zero-order valence-corrected chi connectivity index (χ0v) is 25.4. The molecule has 0 radical (unpaired) electrons. The average molecular weight is 812 g/mol. The predicted octanol–water partition coefficient (Wildman–Crippen LogP) is 10.0. The molecule has 2 heterocycles. The fourth-order valence-corrected chi connectivity index (χ4v) is 4.10. The minimum absolute atomic E-state index is 0.556. The van der Waals surface area contributed by atoms with Crippen molar-refractivity contribution in [3.05, 3.63) is 121 Å². The number of alkyl halides is 6. The first kappa shape index (κ1) is 32.3. The molecule has 0 atom stereocenters. The van der Waals surface area contributed by atoms with Crippen LogP contribution in [0, 0.1) is 0 Å². The Morgan fingerprint density at radius 1 is 0.465 bits per heavy atom. The molecule has 0 aliphatic carbocycles. The van der Waals surface area contributed by atoms with Crippen LogP contribution < -0.4 is 0 Å². The van der Waals surface area contributed by atoms with E-state index in [1.807, 2.05) is 48.5 Å². The Bertz CT molecular complexity index is 1660. The van der Waals surface area contributed by atoms with Crippen LogP contribution in [0.25, 0.3) is 44.3 Å². The van der Waals surface area contributed by atoms with Gasteiger partial charge in [-0.2, -0.15) is 26.3 Å². The van der Waals surface area contributed by atoms with Gasteiger partial charge in [-0.05, 0) is 36.4 Å². The van der Waals surface area contributed by atoms with E-state index in [0.717, 1.165) is 46.1 Å². The molecule has 43 heavy (non-hydrogen) atoms. The van der Waals surface area contributed by atoms with Crippen molar-refractivity contribution in [2.75, 3.05) is 0 Å². The first-order valence-electron chi connectivity index (χ1n) is 12.1. The van der Waals surface area contributed by atoms with Gasteiger partial charge in [0.2, 0.25) is 0 Å². The molecule has 0 amide bonds. The molecule has 223 valence electrons. The van der Waals surface area contributed by atoms with E-state index >= 15 is 0 Å². The third-order valence-corrected chi connectivity index (χ3v) is 6.06. The summed E-state index contributed by atoms with van der Waals surface area (Å²) in [6, 6.07) is 24.7. The van der Waals surface area contributed by atoms with Gasteiger partial charge in [0, 0.05) is 21.9 Å². The second kappa shape index (κ2) is 14.2. The number of nitrogens with zero attached hydrogens (tertiary/aromatic N) is 4. The molecule has 4 aromatic carbocycles. The van der Waals surface area contributed by atoms with Crippen LogP contribution >= 0.6 is 19.2 Å². The zero-order chi connectivity index (χ0) is 31.0. The second-order valence-corrected chi connectivity index (χ2v) is 12.1. The summed E-state index contributed by atoms with van der Waals surface area (Å²) < 4.78 is 75.3. The molecular formula is C30H18Cl2F6IrN4. The monoisotopic (exact) mass is 811 g/mol. The number of halogens is 8. The molecule has 0 saturated carbocycles. The van der Waals surface area contributed by atoms with Crippen molar-refractivity contribution < 1.29 is 42.0 Å². The van der Waals surface area contributed by atoms with E-state index in [2.05, 4.69) is 19.9 Å². The summed E-state index contributed by atoms with van der Waals surface area (Å²) in [4.78, 5) is 16.6. The van der Waals surface area contributed by atoms with E-state index in [4.69, 9.17) is 19.2 Å². The molecule has 4 nitrogen and oxygen atoms in total. The van der Waals surface area contributed by atoms with Crippen LogP contribution in [0.1, 0.15) is 11.1 Å². The van der Waals surface area contributed by atoms with Crippen molar-refractivity contribution in [3.63, 3.8) is 0 Å². The molecule has 0 bridgehead atoms. The molecule has 0 N–H and O–H groups in total. The van der Waals surface area contributed by atoms with Gasteiger partial charge in [0.1, 0.15) is 12.7 Å². The van der Waals surface area contributed by atoms with Gasteiger partial charge in [0.15, 0.2) is 0 Å². The maximum atomic E-state index is 12.5. The first-order valence-corrected chi connectivity index (χ1v) is 18.0. The third kappa shape index (κ3) is 8.26. The SMILES string of the molecule is FC(F)(F)c1ccc(-c2ncnc3ccccc23)cc1.FC(F)(F)c1ccc(-c2ncnc3ccccc23)cc1.[Cl][Ir][Cl]. The molecule has 0 spiro atoms. The summed E-state index contributed by atoms with van der Waals surface area (Å²) in [7, 11) is 9.78. The van der Waals surface area contributed by atoms with Gasteiger partial charge in [0.25, 0.3) is 0 Å². The summed E-state index contributed by atoms with van der Waals surface area (Å²) in [5, 5.41) is 1.63. The van der Waals surface area contributed by atoms with E-state index in [0.29, 0.717) is 22.5 Å². The van der Waals surface area contributed by atoms with E-state index in [1.54, 1.807) is 0 Å². The molecule has 0 saturated heterocycles. The van der Waals surface area contributed by atoms with Crippen LogP contribution in [-0.4, -0.2) is 19.9 Å². The van der Waals surface area contributed by atoms with Crippen LogP contribution in [-0.2, 0) is 28.0 Å². The molecule has 2 aromatic heterocycles. The zero-order valence-electron chi connectivity index (χ0n) is 21.5. The van der Waals surface area contributed by atoms with Crippen molar-refractivity contribution in [2.45, 2.75) is 12.4 Å². The van der Waals surface area contributed by atoms with E-state index in [-0.39, 0.29) is 0 Å². The Balaban J connectivity index is 0.000000181. The van der Waals surface area contributed by atoms with E-state index in [9.17, 15) is 26.3 Å². The standard InChI is InChI=1S/2C15H9F3N2.2ClH.Ir/c2*16-15(17,18)11-7-5-10(6-8-11)14-12-3-1-2-4-13(12)19-9-20-14;;;/h2*1-9H;2*1H;/q;;;;+2/p-2. The van der Waals surface area contributed by atoms with Crippen LogP contribution in [0.5, 0.6) is 0 Å². The van der Waals surface area contributed by atoms with Crippen LogP contribution in [0.15, 0.2) is 110 Å². The van der Waals surface area contributed by atoms with Crippen molar-refractivity contribution in [2.24, 2.45) is 0 Å². The van der Waals surface area contributed by atoms with E-state index in [1.165, 1.54) is 36.9 Å². The van der Waals surface area contributed by atoms with Gasteiger partial charge in [-0.3, -0.25) is 0 Å². The fourth-order valence-electron chi connectivity index (χ4n) is 4.10. The second-order valence-electron chi connectivity index (χ2n) is 8.68. The van der Waals surface area contributed by atoms with Crippen molar-refractivity contribution in [3.8, 4) is 22.5 Å². The predicted molar refractivity (Wildman–Crippen MR) is 152 cm³/mol. The molecule has 6 aromatic rings. The first-order chi connectivity index (χ1) is 20.5. The molecular weight excluding hydrogens is 793 g/mol. The van der Waals surface area contributed by atoms with Gasteiger partial charge in [-0.25, -0.2) is 19.9 Å². The fraction of sp³-hybridized carbons (Fsp3) is 0.0667. The molecule has 0 fully saturated rings. The van der Waals surface area contributed by atoms with Crippen LogP contribution in [0.4, 0.5) is 26.3 Å². The van der Waals surface area contributed by atoms with Gasteiger partial charge in [0.05, 0.1) is 33.5 Å². The molecule has 6 rings (SSSR count). The minimum atomic E-state index is -4.33. The summed E-state index contributed by atoms with van der Waals surface area (Å²) in [6.07, 6.45) is -5.83. The number of hydrogen-bond acceptors (Lipinski definition) is 4. The summed E-state index contributed by atoms with van der Waals surface area (Å²) in [5.41, 5.74) is 2.72. The summed E-state index contributed by atoms with van der Waals surface area (Å²) >= 11 is -0.556. The molecule has 0 aliphatic heterocycles. The van der Waals surface area contributed by atoms with Crippen LogP contribution in [0.2, 0.25) is 0 Å². The maximum absolute atomic E-state index is 12.5. The Morgan fingerprint density at radius 2 is 0.791 bits per heavy atom. The number of hydrogen-bond donors (Lipinski definition) is 0. The molecule has 0 unspecified atom stereocenters. The topological polar surface area (TPSA) is 51.6 Å².